The molecule has 1 amide bonds. The third kappa shape index (κ3) is 4.78. The Kier molecular flexibility index (Phi) is 6.34. The molecule has 0 radical (unpaired) electrons. The van der Waals surface area contributed by atoms with Gasteiger partial charge in [0.05, 0.1) is 16.3 Å². The molecular weight excluding hydrogens is 436 g/mol. The lowest BCUT2D eigenvalue weighted by Gasteiger charge is -2.08. The van der Waals surface area contributed by atoms with E-state index in [0.29, 0.717) is 40.4 Å². The topological polar surface area (TPSA) is 98.7 Å². The molecule has 0 bridgehead atoms. The number of nitrogens with zero attached hydrogens (tertiary/aromatic N) is 5. The molecule has 2 aromatic heterocycles. The van der Waals surface area contributed by atoms with E-state index in [9.17, 15) is 4.79 Å². The second kappa shape index (κ2) is 9.32. The monoisotopic (exact) mass is 454 g/mol. The van der Waals surface area contributed by atoms with Gasteiger partial charge in [0.1, 0.15) is 0 Å². The van der Waals surface area contributed by atoms with Crippen LogP contribution in [0, 0.1) is 0 Å². The molecule has 158 valence electrons. The van der Waals surface area contributed by atoms with E-state index in [-0.39, 0.29) is 5.91 Å². The maximum Gasteiger partial charge on any atom is 0.249 e. The molecule has 8 nitrogen and oxygen atoms in total. The molecule has 4 rings (SSSR count). The number of carbonyl (C=O) groups is 1. The van der Waals surface area contributed by atoms with Crippen molar-refractivity contribution in [3.63, 3.8) is 0 Å². The molecule has 0 unspecified atom stereocenters. The molecule has 2 heterocycles. The Morgan fingerprint density at radius 2 is 1.97 bits per heavy atom. The van der Waals surface area contributed by atoms with Crippen LogP contribution in [0.4, 0.5) is 5.69 Å². The summed E-state index contributed by atoms with van der Waals surface area (Å²) in [6.07, 6.45) is 0. The first-order valence-corrected chi connectivity index (χ1v) is 10.9. The van der Waals surface area contributed by atoms with E-state index in [1.54, 1.807) is 6.07 Å². The number of amides is 1. The highest BCUT2D eigenvalue weighted by molar-refractivity contribution is 7.98. The number of thioether (sulfide) groups is 1. The first-order valence-electron chi connectivity index (χ1n) is 9.56. The van der Waals surface area contributed by atoms with Gasteiger partial charge in [-0.2, -0.15) is 0 Å². The standard InChI is InChI=1S/C21H19ClN6O2S/c1-3-28-19(14-7-6-8-15(11-14)23-13(2)29)25-27-21(28)31-12-18-24-26-20(30-18)16-9-4-5-10-17(16)22/h4-11H,3,12H2,1-2H3,(H,23,29). The second-order valence-electron chi connectivity index (χ2n) is 6.58. The molecule has 0 saturated heterocycles. The summed E-state index contributed by atoms with van der Waals surface area (Å²) in [6.45, 7) is 4.19. The molecule has 0 saturated carbocycles. The largest absolute Gasteiger partial charge is 0.420 e. The summed E-state index contributed by atoms with van der Waals surface area (Å²) in [7, 11) is 0. The fourth-order valence-corrected chi connectivity index (χ4v) is 4.07. The molecule has 0 atom stereocenters. The molecule has 0 spiro atoms. The number of hydrogen-bond donors (Lipinski definition) is 1. The van der Waals surface area contributed by atoms with Crippen molar-refractivity contribution in [3.8, 4) is 22.8 Å². The maximum atomic E-state index is 11.3. The Bertz CT molecular complexity index is 1220. The van der Waals surface area contributed by atoms with Crippen molar-refractivity contribution in [2.45, 2.75) is 31.3 Å². The molecule has 31 heavy (non-hydrogen) atoms. The van der Waals surface area contributed by atoms with Gasteiger partial charge in [-0.15, -0.1) is 20.4 Å². The molecule has 1 N–H and O–H groups in total. The average Bonchev–Trinajstić information content (AvgIpc) is 3.39. The Hall–Kier alpha value is -3.17. The van der Waals surface area contributed by atoms with Crippen LogP contribution in [-0.4, -0.2) is 30.9 Å². The summed E-state index contributed by atoms with van der Waals surface area (Å²) < 4.78 is 7.77. The Morgan fingerprint density at radius 3 is 2.74 bits per heavy atom. The highest BCUT2D eigenvalue weighted by Crippen LogP contribution is 2.30. The van der Waals surface area contributed by atoms with Crippen molar-refractivity contribution in [1.82, 2.24) is 25.0 Å². The predicted octanol–water partition coefficient (Wildman–Crippen LogP) is 4.92. The Balaban J connectivity index is 1.52. The average molecular weight is 455 g/mol. The van der Waals surface area contributed by atoms with Gasteiger partial charge >= 0.3 is 0 Å². The number of halogens is 1. The molecule has 2 aromatic carbocycles. The molecule has 0 fully saturated rings. The van der Waals surface area contributed by atoms with E-state index >= 15 is 0 Å². The molecule has 0 aliphatic carbocycles. The summed E-state index contributed by atoms with van der Waals surface area (Å²) in [4.78, 5) is 11.3. The second-order valence-corrected chi connectivity index (χ2v) is 7.93. The Morgan fingerprint density at radius 1 is 1.13 bits per heavy atom. The van der Waals surface area contributed by atoms with Gasteiger partial charge in [0.15, 0.2) is 11.0 Å². The lowest BCUT2D eigenvalue weighted by atomic mass is 10.2. The van der Waals surface area contributed by atoms with Gasteiger partial charge in [0.2, 0.25) is 17.7 Å². The van der Waals surface area contributed by atoms with Gasteiger partial charge in [-0.1, -0.05) is 47.6 Å². The van der Waals surface area contributed by atoms with Crippen LogP contribution in [-0.2, 0) is 17.1 Å². The third-order valence-electron chi connectivity index (χ3n) is 4.37. The van der Waals surface area contributed by atoms with Gasteiger partial charge in [-0.3, -0.25) is 4.79 Å². The molecule has 4 aromatic rings. The van der Waals surface area contributed by atoms with E-state index in [1.165, 1.54) is 18.7 Å². The molecule has 10 heteroatoms. The number of benzene rings is 2. The van der Waals surface area contributed by atoms with Crippen molar-refractivity contribution in [2.75, 3.05) is 5.32 Å². The maximum absolute atomic E-state index is 11.3. The SMILES string of the molecule is CCn1c(SCc2nnc(-c3ccccc3Cl)o2)nnc1-c1cccc(NC(C)=O)c1. The minimum absolute atomic E-state index is 0.124. The quantitative estimate of drug-likeness (QED) is 0.395. The summed E-state index contributed by atoms with van der Waals surface area (Å²) in [6, 6.07) is 14.8. The number of carbonyl (C=O) groups excluding carboxylic acids is 1. The highest BCUT2D eigenvalue weighted by Gasteiger charge is 2.16. The van der Waals surface area contributed by atoms with E-state index in [2.05, 4.69) is 25.7 Å². The van der Waals surface area contributed by atoms with E-state index in [0.717, 1.165) is 16.5 Å². The smallest absolute Gasteiger partial charge is 0.249 e. The fourth-order valence-electron chi connectivity index (χ4n) is 3.02. The molecule has 0 aliphatic rings. The van der Waals surface area contributed by atoms with Crippen molar-refractivity contribution in [2.24, 2.45) is 0 Å². The van der Waals surface area contributed by atoms with Crippen LogP contribution in [0.5, 0.6) is 0 Å². The van der Waals surface area contributed by atoms with Gasteiger partial charge < -0.3 is 14.3 Å². The van der Waals surface area contributed by atoms with Crippen molar-refractivity contribution in [1.29, 1.82) is 0 Å². The third-order valence-corrected chi connectivity index (χ3v) is 5.65. The lowest BCUT2D eigenvalue weighted by Crippen LogP contribution is -2.06. The normalized spacial score (nSPS) is 10.9. The number of anilines is 1. The first kappa shape index (κ1) is 21.1. The van der Waals surface area contributed by atoms with Crippen LogP contribution in [0.25, 0.3) is 22.8 Å². The van der Waals surface area contributed by atoms with Crippen molar-refractivity contribution in [3.05, 3.63) is 59.4 Å². The van der Waals surface area contributed by atoms with Crippen LogP contribution < -0.4 is 5.32 Å². The number of rotatable bonds is 7. The minimum atomic E-state index is -0.124. The number of nitrogens with one attached hydrogen (secondary N) is 1. The molecular formula is C21H19ClN6O2S. The number of aromatic nitrogens is 5. The van der Waals surface area contributed by atoms with Gasteiger partial charge in [0.25, 0.3) is 0 Å². The van der Waals surface area contributed by atoms with E-state index in [4.69, 9.17) is 16.0 Å². The van der Waals surface area contributed by atoms with Gasteiger partial charge in [-0.25, -0.2) is 0 Å². The molecule has 0 aliphatic heterocycles. The summed E-state index contributed by atoms with van der Waals surface area (Å²) in [5, 5.41) is 21.0. The van der Waals surface area contributed by atoms with Crippen LogP contribution in [0.1, 0.15) is 19.7 Å². The first-order chi connectivity index (χ1) is 15.0. The van der Waals surface area contributed by atoms with Crippen LogP contribution in [0.3, 0.4) is 0 Å². The Labute approximate surface area is 188 Å². The predicted molar refractivity (Wildman–Crippen MR) is 120 cm³/mol. The van der Waals surface area contributed by atoms with Gasteiger partial charge in [-0.05, 0) is 31.2 Å². The van der Waals surface area contributed by atoms with Crippen molar-refractivity contribution < 1.29 is 9.21 Å². The van der Waals surface area contributed by atoms with E-state index < -0.39 is 0 Å². The highest BCUT2D eigenvalue weighted by atomic mass is 35.5. The zero-order chi connectivity index (χ0) is 21.8. The number of hydrogen-bond acceptors (Lipinski definition) is 7. The summed E-state index contributed by atoms with van der Waals surface area (Å²) >= 11 is 7.66. The van der Waals surface area contributed by atoms with Crippen molar-refractivity contribution >= 4 is 35.0 Å². The van der Waals surface area contributed by atoms with Gasteiger partial charge in [0, 0.05) is 24.7 Å². The van der Waals surface area contributed by atoms with Crippen LogP contribution in [0.15, 0.2) is 58.1 Å². The lowest BCUT2D eigenvalue weighted by molar-refractivity contribution is -0.114. The van der Waals surface area contributed by atoms with Crippen LogP contribution >= 0.6 is 23.4 Å². The summed E-state index contributed by atoms with van der Waals surface area (Å²) in [5.41, 5.74) is 2.28. The minimum Gasteiger partial charge on any atom is -0.420 e. The zero-order valence-corrected chi connectivity index (χ0v) is 18.4. The van der Waals surface area contributed by atoms with Crippen LogP contribution in [0.2, 0.25) is 5.02 Å². The zero-order valence-electron chi connectivity index (χ0n) is 16.9. The fraction of sp³-hybridized carbons (Fsp3) is 0.190. The van der Waals surface area contributed by atoms with E-state index in [1.807, 2.05) is 54.0 Å². The summed E-state index contributed by atoms with van der Waals surface area (Å²) in [5.74, 6) is 1.90.